The minimum absolute atomic E-state index is 0.176. The van der Waals surface area contributed by atoms with Gasteiger partial charge in [0.25, 0.3) is 0 Å². The Morgan fingerprint density at radius 3 is 3.21 bits per heavy atom. The molecule has 0 unspecified atom stereocenters. The fourth-order valence-electron chi connectivity index (χ4n) is 0.812. The lowest BCUT2D eigenvalue weighted by molar-refractivity contribution is -0.117. The van der Waals surface area contributed by atoms with E-state index in [0.717, 1.165) is 17.3 Å². The summed E-state index contributed by atoms with van der Waals surface area (Å²) in [5.41, 5.74) is 5.66. The monoisotopic (exact) mass is 232 g/mol. The Morgan fingerprint density at radius 2 is 2.64 bits per heavy atom. The first-order valence-electron chi connectivity index (χ1n) is 4.06. The minimum atomic E-state index is -0.454. The van der Waals surface area contributed by atoms with Gasteiger partial charge in [-0.05, 0) is 18.4 Å². The minimum Gasteiger partial charge on any atom is -0.320 e. The Morgan fingerprint density at radius 1 is 1.86 bits per heavy atom. The number of nitrogens with zero attached hydrogens (tertiary/aromatic N) is 2. The van der Waals surface area contributed by atoms with Crippen molar-refractivity contribution in [1.29, 1.82) is 0 Å². The molecule has 1 heterocycles. The van der Waals surface area contributed by atoms with Crippen molar-refractivity contribution in [1.82, 2.24) is 9.59 Å². The van der Waals surface area contributed by atoms with E-state index in [4.69, 9.17) is 5.73 Å². The third-order valence-corrected chi connectivity index (χ3v) is 2.80. The molecule has 1 aromatic heterocycles. The predicted octanol–water partition coefficient (Wildman–Crippen LogP) is 0.557. The molecule has 3 N–H and O–H groups in total. The van der Waals surface area contributed by atoms with Crippen LogP contribution in [-0.2, 0) is 4.79 Å². The summed E-state index contributed by atoms with van der Waals surface area (Å²) in [7, 11) is 0. The zero-order chi connectivity index (χ0) is 10.4. The molecule has 0 fully saturated rings. The standard InChI is InChI=1S/C7H12N4OS2/c1-13-3-2-5(8)7(12)10-6-4-9-11-14-6/h4-5H,2-3,8H2,1H3,(H,10,12)/t5-/m1/s1. The molecule has 0 radical (unpaired) electrons. The molecular formula is C7H12N4OS2. The Bertz CT molecular complexity index is 277. The van der Waals surface area contributed by atoms with Gasteiger partial charge in [0.05, 0.1) is 12.2 Å². The lowest BCUT2D eigenvalue weighted by Gasteiger charge is -2.09. The molecule has 1 amide bonds. The van der Waals surface area contributed by atoms with E-state index in [2.05, 4.69) is 14.9 Å². The van der Waals surface area contributed by atoms with Crippen molar-refractivity contribution in [3.05, 3.63) is 6.20 Å². The maximum absolute atomic E-state index is 11.4. The van der Waals surface area contributed by atoms with Crippen LogP contribution in [0.4, 0.5) is 5.00 Å². The summed E-state index contributed by atoms with van der Waals surface area (Å²) in [6.45, 7) is 0. The number of amides is 1. The number of aromatic nitrogens is 2. The summed E-state index contributed by atoms with van der Waals surface area (Å²) in [5, 5.41) is 6.89. The zero-order valence-electron chi connectivity index (χ0n) is 7.77. The van der Waals surface area contributed by atoms with Crippen LogP contribution in [0.3, 0.4) is 0 Å². The first kappa shape index (κ1) is 11.4. The molecule has 0 bridgehead atoms. The second-order valence-electron chi connectivity index (χ2n) is 2.66. The third-order valence-electron chi connectivity index (χ3n) is 1.58. The quantitative estimate of drug-likeness (QED) is 0.775. The molecule has 0 aliphatic heterocycles. The van der Waals surface area contributed by atoms with Crippen molar-refractivity contribution in [3.63, 3.8) is 0 Å². The average molecular weight is 232 g/mol. The van der Waals surface area contributed by atoms with Crippen LogP contribution in [0.25, 0.3) is 0 Å². The van der Waals surface area contributed by atoms with Crippen LogP contribution in [0.2, 0.25) is 0 Å². The Kier molecular flexibility index (Phi) is 4.85. The molecule has 0 aromatic carbocycles. The zero-order valence-corrected chi connectivity index (χ0v) is 9.40. The number of rotatable bonds is 5. The van der Waals surface area contributed by atoms with Gasteiger partial charge >= 0.3 is 0 Å². The molecule has 78 valence electrons. The van der Waals surface area contributed by atoms with Gasteiger partial charge in [-0.1, -0.05) is 4.49 Å². The molecule has 14 heavy (non-hydrogen) atoms. The first-order valence-corrected chi connectivity index (χ1v) is 6.23. The van der Waals surface area contributed by atoms with E-state index in [0.29, 0.717) is 11.4 Å². The van der Waals surface area contributed by atoms with Crippen LogP contribution in [0, 0.1) is 0 Å². The van der Waals surface area contributed by atoms with E-state index in [1.807, 2.05) is 6.26 Å². The van der Waals surface area contributed by atoms with E-state index >= 15 is 0 Å². The second kappa shape index (κ2) is 5.94. The van der Waals surface area contributed by atoms with Gasteiger partial charge in [0.1, 0.15) is 5.00 Å². The SMILES string of the molecule is CSCC[C@@H](N)C(=O)Nc1cnns1. The fourth-order valence-corrected chi connectivity index (χ4v) is 1.72. The Labute approximate surface area is 90.6 Å². The number of carbonyl (C=O) groups excluding carboxylic acids is 1. The highest BCUT2D eigenvalue weighted by atomic mass is 32.2. The van der Waals surface area contributed by atoms with Gasteiger partial charge in [-0.25, -0.2) is 0 Å². The summed E-state index contributed by atoms with van der Waals surface area (Å²) >= 11 is 2.81. The van der Waals surface area contributed by atoms with Gasteiger partial charge < -0.3 is 11.1 Å². The van der Waals surface area contributed by atoms with Crippen molar-refractivity contribution in [3.8, 4) is 0 Å². The summed E-state index contributed by atoms with van der Waals surface area (Å²) < 4.78 is 3.63. The topological polar surface area (TPSA) is 80.9 Å². The summed E-state index contributed by atoms with van der Waals surface area (Å²) in [4.78, 5) is 11.4. The number of nitrogens with two attached hydrogens (primary N) is 1. The van der Waals surface area contributed by atoms with Crippen LogP contribution < -0.4 is 11.1 Å². The van der Waals surface area contributed by atoms with Gasteiger partial charge in [-0.15, -0.1) is 5.10 Å². The van der Waals surface area contributed by atoms with Gasteiger partial charge in [0.15, 0.2) is 0 Å². The first-order chi connectivity index (χ1) is 6.74. The molecule has 0 aliphatic rings. The Balaban J connectivity index is 2.34. The van der Waals surface area contributed by atoms with Crippen molar-refractivity contribution < 1.29 is 4.79 Å². The largest absolute Gasteiger partial charge is 0.320 e. The Hall–Kier alpha value is -0.660. The number of carbonyl (C=O) groups is 1. The second-order valence-corrected chi connectivity index (χ2v) is 4.43. The smallest absolute Gasteiger partial charge is 0.242 e. The van der Waals surface area contributed by atoms with Crippen LogP contribution >= 0.6 is 23.3 Å². The van der Waals surface area contributed by atoms with Gasteiger partial charge in [0.2, 0.25) is 5.91 Å². The van der Waals surface area contributed by atoms with Crippen molar-refractivity contribution in [2.45, 2.75) is 12.5 Å². The summed E-state index contributed by atoms with van der Waals surface area (Å²) in [6.07, 6.45) is 4.17. The molecule has 0 aliphatic carbocycles. The average Bonchev–Trinajstić information content (AvgIpc) is 2.66. The van der Waals surface area contributed by atoms with Gasteiger partial charge in [0, 0.05) is 11.5 Å². The third kappa shape index (κ3) is 3.60. The maximum atomic E-state index is 11.4. The summed E-state index contributed by atoms with van der Waals surface area (Å²) in [5.74, 6) is 0.709. The summed E-state index contributed by atoms with van der Waals surface area (Å²) in [6, 6.07) is -0.454. The van der Waals surface area contributed by atoms with Crippen LogP contribution in [0.5, 0.6) is 0 Å². The van der Waals surface area contributed by atoms with E-state index in [-0.39, 0.29) is 5.91 Å². The fraction of sp³-hybridized carbons (Fsp3) is 0.571. The van der Waals surface area contributed by atoms with Crippen LogP contribution in [0.1, 0.15) is 6.42 Å². The molecular weight excluding hydrogens is 220 g/mol. The predicted molar refractivity (Wildman–Crippen MR) is 59.5 cm³/mol. The van der Waals surface area contributed by atoms with Crippen molar-refractivity contribution in [2.24, 2.45) is 5.73 Å². The highest BCUT2D eigenvalue weighted by Gasteiger charge is 2.13. The number of anilines is 1. The number of nitrogens with one attached hydrogen (secondary N) is 1. The number of hydrogen-bond donors (Lipinski definition) is 2. The molecule has 0 saturated heterocycles. The van der Waals surface area contributed by atoms with E-state index < -0.39 is 6.04 Å². The van der Waals surface area contributed by atoms with Crippen LogP contribution in [0.15, 0.2) is 6.20 Å². The van der Waals surface area contributed by atoms with E-state index in [9.17, 15) is 4.79 Å². The molecule has 0 spiro atoms. The van der Waals surface area contributed by atoms with Gasteiger partial charge in [-0.2, -0.15) is 11.8 Å². The van der Waals surface area contributed by atoms with E-state index in [1.54, 1.807) is 11.8 Å². The lowest BCUT2D eigenvalue weighted by atomic mass is 10.2. The van der Waals surface area contributed by atoms with Crippen LogP contribution in [-0.4, -0.2) is 33.5 Å². The van der Waals surface area contributed by atoms with Gasteiger partial charge in [-0.3, -0.25) is 4.79 Å². The molecule has 1 atom stereocenters. The molecule has 0 saturated carbocycles. The number of hydrogen-bond acceptors (Lipinski definition) is 6. The highest BCUT2D eigenvalue weighted by molar-refractivity contribution is 7.98. The molecule has 1 rings (SSSR count). The van der Waals surface area contributed by atoms with E-state index in [1.165, 1.54) is 6.20 Å². The lowest BCUT2D eigenvalue weighted by Crippen LogP contribution is -2.35. The van der Waals surface area contributed by atoms with Crippen molar-refractivity contribution >= 4 is 34.2 Å². The molecule has 5 nitrogen and oxygen atoms in total. The molecule has 7 heteroatoms. The maximum Gasteiger partial charge on any atom is 0.242 e. The van der Waals surface area contributed by atoms with Crippen molar-refractivity contribution in [2.75, 3.05) is 17.3 Å². The highest BCUT2D eigenvalue weighted by Crippen LogP contribution is 2.10. The molecule has 1 aromatic rings. The normalized spacial score (nSPS) is 12.4. The number of thioether (sulfide) groups is 1.